The lowest BCUT2D eigenvalue weighted by Crippen LogP contribution is -2.14. The molecular weight excluding hydrogens is 395 g/mol. The van der Waals surface area contributed by atoms with Crippen molar-refractivity contribution in [1.29, 1.82) is 0 Å². The molecule has 0 bridgehead atoms. The minimum Gasteiger partial charge on any atom is -0.459 e. The van der Waals surface area contributed by atoms with Crippen molar-refractivity contribution in [2.45, 2.75) is 11.8 Å². The van der Waals surface area contributed by atoms with Crippen molar-refractivity contribution in [2.24, 2.45) is 0 Å². The molecule has 3 rings (SSSR count). The molecule has 1 heterocycles. The van der Waals surface area contributed by atoms with Gasteiger partial charge in [-0.25, -0.2) is 4.39 Å². The van der Waals surface area contributed by atoms with Gasteiger partial charge >= 0.3 is 0 Å². The molecule has 0 aliphatic carbocycles. The summed E-state index contributed by atoms with van der Waals surface area (Å²) in [5.74, 6) is -1.23. The Labute approximate surface area is 170 Å². The summed E-state index contributed by atoms with van der Waals surface area (Å²) in [7, 11) is 0. The maximum absolute atomic E-state index is 14.0. The van der Waals surface area contributed by atoms with Crippen LogP contribution in [0, 0.1) is 5.82 Å². The minimum atomic E-state index is -0.535. The molecule has 8 heteroatoms. The van der Waals surface area contributed by atoms with Gasteiger partial charge in [0.2, 0.25) is 5.91 Å². The number of furan rings is 1. The molecule has 0 saturated carbocycles. The molecular formula is C21H17FN2O4S. The zero-order valence-corrected chi connectivity index (χ0v) is 16.2. The monoisotopic (exact) mass is 412 g/mol. The van der Waals surface area contributed by atoms with E-state index in [0.29, 0.717) is 16.3 Å². The number of carbonyl (C=O) groups is 3. The molecule has 1 aromatic heterocycles. The molecule has 0 saturated heterocycles. The van der Waals surface area contributed by atoms with Gasteiger partial charge < -0.3 is 15.1 Å². The van der Waals surface area contributed by atoms with Crippen molar-refractivity contribution in [2.75, 3.05) is 16.4 Å². The van der Waals surface area contributed by atoms with Crippen LogP contribution in [0.15, 0.2) is 70.2 Å². The summed E-state index contributed by atoms with van der Waals surface area (Å²) in [5, 5.41) is 5.38. The number of rotatable bonds is 7. The third-order valence-corrected chi connectivity index (χ3v) is 4.92. The fraction of sp³-hybridized carbons (Fsp3) is 0.0952. The molecule has 29 heavy (non-hydrogen) atoms. The van der Waals surface area contributed by atoms with E-state index in [1.54, 1.807) is 36.4 Å². The van der Waals surface area contributed by atoms with Crippen LogP contribution < -0.4 is 10.6 Å². The van der Waals surface area contributed by atoms with Gasteiger partial charge in [-0.3, -0.25) is 14.4 Å². The fourth-order valence-corrected chi connectivity index (χ4v) is 3.13. The van der Waals surface area contributed by atoms with Crippen LogP contribution >= 0.6 is 11.8 Å². The van der Waals surface area contributed by atoms with Crippen LogP contribution in [-0.4, -0.2) is 23.4 Å². The number of hydrogen-bond donors (Lipinski definition) is 2. The summed E-state index contributed by atoms with van der Waals surface area (Å²) in [5.41, 5.74) is 1.38. The van der Waals surface area contributed by atoms with Crippen molar-refractivity contribution < 1.29 is 23.2 Å². The van der Waals surface area contributed by atoms with E-state index in [-0.39, 0.29) is 34.7 Å². The summed E-state index contributed by atoms with van der Waals surface area (Å²) >= 11 is 1.04. The molecule has 3 aromatic rings. The Bertz CT molecular complexity index is 1030. The molecule has 0 aliphatic heterocycles. The lowest BCUT2D eigenvalue weighted by Gasteiger charge is -2.08. The van der Waals surface area contributed by atoms with Crippen LogP contribution in [0.2, 0.25) is 0 Å². The van der Waals surface area contributed by atoms with Gasteiger partial charge in [-0.1, -0.05) is 6.07 Å². The van der Waals surface area contributed by atoms with E-state index < -0.39 is 5.82 Å². The van der Waals surface area contributed by atoms with Crippen LogP contribution in [0.3, 0.4) is 0 Å². The molecule has 0 atom stereocenters. The minimum absolute atomic E-state index is 0.00726. The predicted octanol–water partition coefficient (Wildman–Crippen LogP) is 4.60. The highest BCUT2D eigenvalue weighted by molar-refractivity contribution is 8.00. The number of carbonyl (C=O) groups excluding carboxylic acids is 3. The number of anilines is 2. The van der Waals surface area contributed by atoms with Crippen LogP contribution in [0.5, 0.6) is 0 Å². The number of ketones is 1. The molecule has 0 fully saturated rings. The lowest BCUT2D eigenvalue weighted by atomic mass is 10.1. The van der Waals surface area contributed by atoms with Crippen LogP contribution in [0.1, 0.15) is 27.8 Å². The Balaban J connectivity index is 1.52. The van der Waals surface area contributed by atoms with Gasteiger partial charge in [0, 0.05) is 21.8 Å². The number of thioether (sulfide) groups is 1. The standard InChI is InChI=1S/C21H17FN2O4S/c1-13(25)14-4-9-19(17(22)11-14)29-12-20(26)23-15-5-7-16(8-6-15)24-21(27)18-3-2-10-28-18/h2-11H,12H2,1H3,(H,23,26)(H,24,27). The Morgan fingerprint density at radius 3 is 2.28 bits per heavy atom. The van der Waals surface area contributed by atoms with Crippen molar-refractivity contribution in [3.05, 3.63) is 78.0 Å². The van der Waals surface area contributed by atoms with Crippen LogP contribution in [0.25, 0.3) is 0 Å². The number of halogens is 1. The summed E-state index contributed by atoms with van der Waals surface area (Å²) in [4.78, 5) is 35.6. The van der Waals surface area contributed by atoms with Crippen molar-refractivity contribution in [1.82, 2.24) is 0 Å². The first kappa shape index (κ1) is 20.3. The second kappa shape index (κ2) is 9.20. The summed E-state index contributed by atoms with van der Waals surface area (Å²) < 4.78 is 19.0. The van der Waals surface area contributed by atoms with Gasteiger partial charge in [-0.2, -0.15) is 0 Å². The predicted molar refractivity (Wildman–Crippen MR) is 109 cm³/mol. The first-order chi connectivity index (χ1) is 13.9. The first-order valence-electron chi connectivity index (χ1n) is 8.60. The topological polar surface area (TPSA) is 88.4 Å². The second-order valence-corrected chi connectivity index (χ2v) is 7.06. The van der Waals surface area contributed by atoms with E-state index in [1.807, 2.05) is 0 Å². The van der Waals surface area contributed by atoms with Gasteiger partial charge in [0.1, 0.15) is 5.82 Å². The molecule has 0 radical (unpaired) electrons. The molecule has 6 nitrogen and oxygen atoms in total. The molecule has 2 aromatic carbocycles. The highest BCUT2D eigenvalue weighted by atomic mass is 32.2. The van der Waals surface area contributed by atoms with Crippen LogP contribution in [-0.2, 0) is 4.79 Å². The SMILES string of the molecule is CC(=O)c1ccc(SCC(=O)Nc2ccc(NC(=O)c3ccco3)cc2)c(F)c1. The lowest BCUT2D eigenvalue weighted by molar-refractivity contribution is -0.113. The zero-order chi connectivity index (χ0) is 20.8. The Kier molecular flexibility index (Phi) is 6.46. The maximum atomic E-state index is 14.0. The van der Waals surface area contributed by atoms with Crippen molar-refractivity contribution in [3.8, 4) is 0 Å². The number of nitrogens with one attached hydrogen (secondary N) is 2. The average Bonchev–Trinajstić information content (AvgIpc) is 3.23. The van der Waals surface area contributed by atoms with Crippen LogP contribution in [0.4, 0.5) is 15.8 Å². The van der Waals surface area contributed by atoms with Gasteiger partial charge in [0.05, 0.1) is 12.0 Å². The van der Waals surface area contributed by atoms with Gasteiger partial charge in [0.25, 0.3) is 5.91 Å². The highest BCUT2D eigenvalue weighted by Gasteiger charge is 2.11. The largest absolute Gasteiger partial charge is 0.459 e. The highest BCUT2D eigenvalue weighted by Crippen LogP contribution is 2.23. The maximum Gasteiger partial charge on any atom is 0.291 e. The molecule has 2 amide bonds. The van der Waals surface area contributed by atoms with E-state index in [4.69, 9.17) is 4.42 Å². The summed E-state index contributed by atoms with van der Waals surface area (Å²) in [6, 6.07) is 13.9. The Morgan fingerprint density at radius 1 is 1.00 bits per heavy atom. The van der Waals surface area contributed by atoms with E-state index in [1.165, 1.54) is 25.3 Å². The van der Waals surface area contributed by atoms with E-state index >= 15 is 0 Å². The molecule has 2 N–H and O–H groups in total. The van der Waals surface area contributed by atoms with Gasteiger partial charge in [-0.15, -0.1) is 11.8 Å². The van der Waals surface area contributed by atoms with Gasteiger partial charge in [0.15, 0.2) is 11.5 Å². The number of Topliss-reactive ketones (excluding diaryl/α,β-unsaturated/α-hetero) is 1. The van der Waals surface area contributed by atoms with E-state index in [2.05, 4.69) is 10.6 Å². The fourth-order valence-electron chi connectivity index (χ4n) is 2.41. The molecule has 0 aliphatic rings. The second-order valence-electron chi connectivity index (χ2n) is 6.05. The molecule has 148 valence electrons. The zero-order valence-electron chi connectivity index (χ0n) is 15.4. The van der Waals surface area contributed by atoms with E-state index in [9.17, 15) is 18.8 Å². The third kappa shape index (κ3) is 5.55. The number of benzene rings is 2. The average molecular weight is 412 g/mol. The Hall–Kier alpha value is -3.39. The summed E-state index contributed by atoms with van der Waals surface area (Å²) in [6.45, 7) is 1.36. The quantitative estimate of drug-likeness (QED) is 0.437. The molecule has 0 spiro atoms. The molecule has 0 unspecified atom stereocenters. The summed E-state index contributed by atoms with van der Waals surface area (Å²) in [6.07, 6.45) is 1.41. The van der Waals surface area contributed by atoms with Crippen molar-refractivity contribution >= 4 is 40.7 Å². The number of amides is 2. The number of hydrogen-bond acceptors (Lipinski definition) is 5. The Morgan fingerprint density at radius 2 is 1.69 bits per heavy atom. The van der Waals surface area contributed by atoms with Crippen molar-refractivity contribution in [3.63, 3.8) is 0 Å². The smallest absolute Gasteiger partial charge is 0.291 e. The first-order valence-corrected chi connectivity index (χ1v) is 9.59. The van der Waals surface area contributed by atoms with Gasteiger partial charge in [-0.05, 0) is 55.5 Å². The normalized spacial score (nSPS) is 10.4. The van der Waals surface area contributed by atoms with E-state index in [0.717, 1.165) is 17.8 Å². The third-order valence-electron chi connectivity index (χ3n) is 3.87.